The van der Waals surface area contributed by atoms with E-state index in [9.17, 15) is 4.79 Å². The molecule has 1 saturated heterocycles. The lowest BCUT2D eigenvalue weighted by Gasteiger charge is -2.38. The van der Waals surface area contributed by atoms with Crippen LogP contribution in [0.2, 0.25) is 0 Å². The van der Waals surface area contributed by atoms with E-state index in [4.69, 9.17) is 18.7 Å². The zero-order valence-electron chi connectivity index (χ0n) is 17.3. The molecule has 3 aromatic rings. The van der Waals surface area contributed by atoms with Gasteiger partial charge in [0.15, 0.2) is 11.5 Å². The van der Waals surface area contributed by atoms with Crippen LogP contribution in [-0.4, -0.2) is 53.5 Å². The van der Waals surface area contributed by atoms with Crippen molar-refractivity contribution in [2.75, 3.05) is 31.6 Å². The van der Waals surface area contributed by atoms with Crippen molar-refractivity contribution < 1.29 is 23.5 Å². The second kappa shape index (κ2) is 7.74. The summed E-state index contributed by atoms with van der Waals surface area (Å²) in [6.07, 6.45) is 2.21. The van der Waals surface area contributed by atoms with Gasteiger partial charge in [-0.2, -0.15) is 4.98 Å². The predicted molar refractivity (Wildman–Crippen MR) is 114 cm³/mol. The number of nitrogens with one attached hydrogen (secondary N) is 1. The lowest BCUT2D eigenvalue weighted by atomic mass is 10.1. The van der Waals surface area contributed by atoms with E-state index < -0.39 is 0 Å². The Hall–Kier alpha value is -3.75. The van der Waals surface area contributed by atoms with Gasteiger partial charge in [0, 0.05) is 23.2 Å². The molecule has 0 atom stereocenters. The van der Waals surface area contributed by atoms with Crippen molar-refractivity contribution in [3.05, 3.63) is 48.4 Å². The molecule has 3 heterocycles. The predicted octanol–water partition coefficient (Wildman–Crippen LogP) is 3.68. The highest BCUT2D eigenvalue weighted by molar-refractivity contribution is 5.90. The van der Waals surface area contributed by atoms with E-state index in [1.165, 1.54) is 0 Å². The highest BCUT2D eigenvalue weighted by atomic mass is 16.6. The van der Waals surface area contributed by atoms with Crippen LogP contribution < -0.4 is 19.5 Å². The Labute approximate surface area is 184 Å². The number of benzene rings is 2. The lowest BCUT2D eigenvalue weighted by Crippen LogP contribution is -2.57. The van der Waals surface area contributed by atoms with E-state index >= 15 is 0 Å². The smallest absolute Gasteiger partial charge is 0.322 e. The Bertz CT molecular complexity index is 1140. The van der Waals surface area contributed by atoms with E-state index in [2.05, 4.69) is 15.5 Å². The number of likely N-dealkylation sites (tertiary alicyclic amines) is 1. The standard InChI is InChI=1S/C23H22N4O5/c28-23(24-16-5-8-19-20(11-16)30-10-9-29-19)27-12-18(13-27)31-17-6-3-14(4-7-17)21-25-22(32-26-21)15-1-2-15/h3-8,11,15,18H,1-2,9-10,12-13H2,(H,24,28). The Morgan fingerprint density at radius 3 is 2.59 bits per heavy atom. The largest absolute Gasteiger partial charge is 0.487 e. The minimum Gasteiger partial charge on any atom is -0.487 e. The second-order valence-electron chi connectivity index (χ2n) is 8.19. The molecule has 1 aromatic heterocycles. The second-order valence-corrected chi connectivity index (χ2v) is 8.19. The maximum atomic E-state index is 12.5. The number of anilines is 1. The van der Waals surface area contributed by atoms with Crippen molar-refractivity contribution in [2.45, 2.75) is 24.9 Å². The summed E-state index contributed by atoms with van der Waals surface area (Å²) in [7, 11) is 0. The average molecular weight is 434 g/mol. The summed E-state index contributed by atoms with van der Waals surface area (Å²) in [5, 5.41) is 6.95. The zero-order valence-corrected chi connectivity index (χ0v) is 17.3. The third-order valence-electron chi connectivity index (χ3n) is 5.71. The number of carbonyl (C=O) groups is 1. The number of aromatic nitrogens is 2. The molecule has 6 rings (SSSR count). The molecule has 2 amide bonds. The maximum absolute atomic E-state index is 12.5. The first kappa shape index (κ1) is 19.0. The van der Waals surface area contributed by atoms with E-state index in [0.717, 1.165) is 30.0 Å². The van der Waals surface area contributed by atoms with Gasteiger partial charge in [0.05, 0.1) is 13.1 Å². The van der Waals surface area contributed by atoms with Crippen molar-refractivity contribution in [1.82, 2.24) is 15.0 Å². The number of rotatable bonds is 5. The summed E-state index contributed by atoms with van der Waals surface area (Å²) in [6.45, 7) is 2.09. The number of urea groups is 1. The van der Waals surface area contributed by atoms with Crippen LogP contribution in [0.5, 0.6) is 17.2 Å². The highest BCUT2D eigenvalue weighted by Crippen LogP contribution is 2.39. The fraction of sp³-hybridized carbons (Fsp3) is 0.348. The Balaban J connectivity index is 1.00. The number of hydrogen-bond donors (Lipinski definition) is 1. The van der Waals surface area contributed by atoms with Crippen LogP contribution in [0, 0.1) is 0 Å². The average Bonchev–Trinajstić information content (AvgIpc) is 3.53. The Morgan fingerprint density at radius 1 is 1.03 bits per heavy atom. The number of fused-ring (bicyclic) bond motifs is 1. The molecule has 1 aliphatic carbocycles. The lowest BCUT2D eigenvalue weighted by molar-refractivity contribution is 0.0493. The van der Waals surface area contributed by atoms with Crippen LogP contribution in [-0.2, 0) is 0 Å². The van der Waals surface area contributed by atoms with E-state index in [1.54, 1.807) is 23.1 Å². The first-order valence-corrected chi connectivity index (χ1v) is 10.8. The Morgan fingerprint density at radius 2 is 1.81 bits per heavy atom. The first-order chi connectivity index (χ1) is 15.7. The topological polar surface area (TPSA) is 99.0 Å². The quantitative estimate of drug-likeness (QED) is 0.654. The molecule has 0 unspecified atom stereocenters. The number of nitrogens with zero attached hydrogens (tertiary/aromatic N) is 3. The molecule has 2 aliphatic heterocycles. The van der Waals surface area contributed by atoms with Crippen LogP contribution >= 0.6 is 0 Å². The molecule has 9 heteroatoms. The van der Waals surface area contributed by atoms with Crippen LogP contribution in [0.4, 0.5) is 10.5 Å². The molecule has 2 aromatic carbocycles. The summed E-state index contributed by atoms with van der Waals surface area (Å²) in [5.74, 6) is 3.85. The van der Waals surface area contributed by atoms with Gasteiger partial charge in [0.1, 0.15) is 25.1 Å². The SMILES string of the molecule is O=C(Nc1ccc2c(c1)OCCO2)N1CC(Oc2ccc(-c3noc(C4CC4)n3)cc2)C1. The molecule has 2 fully saturated rings. The van der Waals surface area contributed by atoms with Crippen molar-refractivity contribution in [2.24, 2.45) is 0 Å². The Kier molecular flexibility index (Phi) is 4.59. The summed E-state index contributed by atoms with van der Waals surface area (Å²) in [6, 6.07) is 12.8. The van der Waals surface area contributed by atoms with E-state index in [0.29, 0.717) is 55.2 Å². The molecule has 0 radical (unpaired) electrons. The monoisotopic (exact) mass is 434 g/mol. The molecule has 3 aliphatic rings. The fourth-order valence-corrected chi connectivity index (χ4v) is 3.73. The van der Waals surface area contributed by atoms with Crippen molar-refractivity contribution in [1.29, 1.82) is 0 Å². The highest BCUT2D eigenvalue weighted by Gasteiger charge is 2.33. The normalized spacial score (nSPS) is 17.6. The summed E-state index contributed by atoms with van der Waals surface area (Å²) in [4.78, 5) is 18.6. The third-order valence-corrected chi connectivity index (χ3v) is 5.71. The van der Waals surface area contributed by atoms with E-state index in [-0.39, 0.29) is 12.1 Å². The number of hydrogen-bond acceptors (Lipinski definition) is 7. The molecule has 0 bridgehead atoms. The number of carbonyl (C=O) groups excluding carboxylic acids is 1. The molecule has 164 valence electrons. The van der Waals surface area contributed by atoms with Crippen LogP contribution in [0.25, 0.3) is 11.4 Å². The fourth-order valence-electron chi connectivity index (χ4n) is 3.73. The van der Waals surface area contributed by atoms with Gasteiger partial charge in [-0.3, -0.25) is 0 Å². The molecular formula is C23H22N4O5. The molecule has 0 spiro atoms. The van der Waals surface area contributed by atoms with Crippen LogP contribution in [0.15, 0.2) is 47.0 Å². The minimum atomic E-state index is -0.166. The van der Waals surface area contributed by atoms with Crippen LogP contribution in [0.1, 0.15) is 24.7 Å². The third kappa shape index (κ3) is 3.81. The summed E-state index contributed by atoms with van der Waals surface area (Å²) < 4.78 is 22.4. The molecule has 1 saturated carbocycles. The van der Waals surface area contributed by atoms with Crippen molar-refractivity contribution in [3.63, 3.8) is 0 Å². The van der Waals surface area contributed by atoms with Gasteiger partial charge in [-0.25, -0.2) is 4.79 Å². The van der Waals surface area contributed by atoms with Gasteiger partial charge in [-0.05, 0) is 49.2 Å². The van der Waals surface area contributed by atoms with Crippen molar-refractivity contribution >= 4 is 11.7 Å². The van der Waals surface area contributed by atoms with Gasteiger partial charge < -0.3 is 29.0 Å². The maximum Gasteiger partial charge on any atom is 0.322 e. The van der Waals surface area contributed by atoms with Gasteiger partial charge in [0.2, 0.25) is 11.7 Å². The minimum absolute atomic E-state index is 0.0430. The summed E-state index contributed by atoms with van der Waals surface area (Å²) in [5.41, 5.74) is 1.56. The summed E-state index contributed by atoms with van der Waals surface area (Å²) >= 11 is 0. The number of amides is 2. The van der Waals surface area contributed by atoms with Crippen molar-refractivity contribution in [3.8, 4) is 28.6 Å². The van der Waals surface area contributed by atoms with E-state index in [1.807, 2.05) is 24.3 Å². The number of ether oxygens (including phenoxy) is 3. The molecule has 9 nitrogen and oxygen atoms in total. The zero-order chi connectivity index (χ0) is 21.5. The molecule has 1 N–H and O–H groups in total. The van der Waals surface area contributed by atoms with Gasteiger partial charge in [-0.1, -0.05) is 5.16 Å². The molecule has 32 heavy (non-hydrogen) atoms. The van der Waals surface area contributed by atoms with Crippen LogP contribution in [0.3, 0.4) is 0 Å². The van der Waals surface area contributed by atoms with Gasteiger partial charge in [0.25, 0.3) is 0 Å². The first-order valence-electron chi connectivity index (χ1n) is 10.8. The van der Waals surface area contributed by atoms with Gasteiger partial charge >= 0.3 is 6.03 Å². The van der Waals surface area contributed by atoms with Gasteiger partial charge in [-0.15, -0.1) is 0 Å². The molecular weight excluding hydrogens is 412 g/mol.